The van der Waals surface area contributed by atoms with Crippen molar-refractivity contribution in [3.05, 3.63) is 70.4 Å². The Labute approximate surface area is 163 Å². The van der Waals surface area contributed by atoms with Crippen molar-refractivity contribution >= 4 is 11.9 Å². The average Bonchev–Trinajstić information content (AvgIpc) is 3.21. The van der Waals surface area contributed by atoms with Gasteiger partial charge in [-0.1, -0.05) is 0 Å². The summed E-state index contributed by atoms with van der Waals surface area (Å²) in [5.74, 6) is 1.06. The number of carbonyl (C=O) groups excluding carboxylic acids is 2. The van der Waals surface area contributed by atoms with Crippen LogP contribution in [0.5, 0.6) is 0 Å². The molecule has 0 saturated heterocycles. The van der Waals surface area contributed by atoms with E-state index in [0.717, 1.165) is 22.8 Å². The van der Waals surface area contributed by atoms with E-state index in [-0.39, 0.29) is 5.91 Å². The number of ether oxygens (including phenoxy) is 1. The minimum absolute atomic E-state index is 0.172. The van der Waals surface area contributed by atoms with Crippen molar-refractivity contribution in [2.45, 2.75) is 34.2 Å². The third-order valence-electron chi connectivity index (χ3n) is 4.46. The van der Waals surface area contributed by atoms with Crippen LogP contribution in [0.15, 0.2) is 40.9 Å². The standard InChI is InChI=1S/C21H23N3O4/c1-5-27-21(26)19-12-23-24(14(19)3)18-8-6-16(7-9-18)20(25)22-11-17-10-13(2)28-15(17)4/h6-10,12H,5,11H2,1-4H3,(H,22,25). The number of rotatable bonds is 6. The maximum Gasteiger partial charge on any atom is 0.341 e. The zero-order chi connectivity index (χ0) is 20.3. The zero-order valence-electron chi connectivity index (χ0n) is 16.4. The molecule has 0 saturated carbocycles. The molecule has 2 aromatic heterocycles. The first-order chi connectivity index (χ1) is 13.4. The molecule has 0 aliphatic rings. The van der Waals surface area contributed by atoms with Crippen molar-refractivity contribution in [1.82, 2.24) is 15.1 Å². The second-order valence-electron chi connectivity index (χ2n) is 6.44. The summed E-state index contributed by atoms with van der Waals surface area (Å²) in [7, 11) is 0. The van der Waals surface area contributed by atoms with Gasteiger partial charge >= 0.3 is 5.97 Å². The summed E-state index contributed by atoms with van der Waals surface area (Å²) < 4.78 is 12.1. The Hall–Kier alpha value is -3.35. The summed E-state index contributed by atoms with van der Waals surface area (Å²) in [5, 5.41) is 7.15. The van der Waals surface area contributed by atoms with Gasteiger partial charge in [-0.15, -0.1) is 0 Å². The van der Waals surface area contributed by atoms with Crippen molar-refractivity contribution in [2.24, 2.45) is 0 Å². The third-order valence-corrected chi connectivity index (χ3v) is 4.46. The maximum atomic E-state index is 12.4. The minimum Gasteiger partial charge on any atom is -0.466 e. The highest BCUT2D eigenvalue weighted by atomic mass is 16.5. The van der Waals surface area contributed by atoms with Gasteiger partial charge in [-0.05, 0) is 58.0 Å². The van der Waals surface area contributed by atoms with Crippen molar-refractivity contribution in [1.29, 1.82) is 0 Å². The highest BCUT2D eigenvalue weighted by molar-refractivity contribution is 5.94. The Kier molecular flexibility index (Phi) is 5.63. The van der Waals surface area contributed by atoms with Crippen molar-refractivity contribution in [3.8, 4) is 5.69 Å². The van der Waals surface area contributed by atoms with Crippen LogP contribution in [-0.2, 0) is 11.3 Å². The van der Waals surface area contributed by atoms with Crippen LogP contribution in [0, 0.1) is 20.8 Å². The fourth-order valence-corrected chi connectivity index (χ4v) is 2.97. The molecule has 146 valence electrons. The second-order valence-corrected chi connectivity index (χ2v) is 6.44. The summed E-state index contributed by atoms with van der Waals surface area (Å²) in [6.45, 7) is 8.03. The Morgan fingerprint density at radius 2 is 1.89 bits per heavy atom. The van der Waals surface area contributed by atoms with E-state index in [4.69, 9.17) is 9.15 Å². The predicted octanol–water partition coefficient (Wildman–Crippen LogP) is 3.50. The highest BCUT2D eigenvalue weighted by Crippen LogP contribution is 2.17. The van der Waals surface area contributed by atoms with Crippen molar-refractivity contribution in [2.75, 3.05) is 6.61 Å². The Morgan fingerprint density at radius 3 is 2.50 bits per heavy atom. The van der Waals surface area contributed by atoms with Crippen LogP contribution in [0.1, 0.15) is 50.4 Å². The fraction of sp³-hybridized carbons (Fsp3) is 0.286. The van der Waals surface area contributed by atoms with Crippen molar-refractivity contribution < 1.29 is 18.7 Å². The number of hydrogen-bond donors (Lipinski definition) is 1. The summed E-state index contributed by atoms with van der Waals surface area (Å²) in [4.78, 5) is 24.3. The van der Waals surface area contributed by atoms with Crippen LogP contribution >= 0.6 is 0 Å². The number of benzene rings is 1. The SMILES string of the molecule is CCOC(=O)c1cnn(-c2ccc(C(=O)NCc3cc(C)oc3C)cc2)c1C. The topological polar surface area (TPSA) is 86.4 Å². The van der Waals surface area contributed by atoms with E-state index in [2.05, 4.69) is 10.4 Å². The molecule has 0 fully saturated rings. The van der Waals surface area contributed by atoms with Crippen LogP contribution in [-0.4, -0.2) is 28.3 Å². The summed E-state index contributed by atoms with van der Waals surface area (Å²) in [6, 6.07) is 8.95. The average molecular weight is 381 g/mol. The van der Waals surface area contributed by atoms with E-state index in [0.29, 0.717) is 30.0 Å². The van der Waals surface area contributed by atoms with Gasteiger partial charge in [0.15, 0.2) is 0 Å². The van der Waals surface area contributed by atoms with Crippen LogP contribution < -0.4 is 5.32 Å². The molecule has 0 bridgehead atoms. The lowest BCUT2D eigenvalue weighted by Crippen LogP contribution is -2.22. The quantitative estimate of drug-likeness (QED) is 0.661. The smallest absolute Gasteiger partial charge is 0.341 e. The van der Waals surface area contributed by atoms with E-state index in [1.807, 2.05) is 19.9 Å². The molecule has 3 aromatic rings. The first-order valence-electron chi connectivity index (χ1n) is 9.07. The van der Waals surface area contributed by atoms with Gasteiger partial charge in [-0.2, -0.15) is 5.10 Å². The lowest BCUT2D eigenvalue weighted by Gasteiger charge is -2.08. The zero-order valence-corrected chi connectivity index (χ0v) is 16.4. The Bertz CT molecular complexity index is 999. The number of hydrogen-bond acceptors (Lipinski definition) is 5. The largest absolute Gasteiger partial charge is 0.466 e. The molecule has 0 aliphatic carbocycles. The molecule has 0 spiro atoms. The molecule has 2 heterocycles. The first kappa shape index (κ1) is 19.4. The van der Waals surface area contributed by atoms with Crippen LogP contribution in [0.2, 0.25) is 0 Å². The highest BCUT2D eigenvalue weighted by Gasteiger charge is 2.16. The normalized spacial score (nSPS) is 10.7. The van der Waals surface area contributed by atoms with Gasteiger partial charge < -0.3 is 14.5 Å². The molecule has 28 heavy (non-hydrogen) atoms. The lowest BCUT2D eigenvalue weighted by molar-refractivity contribution is 0.0525. The molecule has 0 atom stereocenters. The number of amides is 1. The van der Waals surface area contributed by atoms with Gasteiger partial charge in [0.25, 0.3) is 5.91 Å². The Morgan fingerprint density at radius 1 is 1.18 bits per heavy atom. The number of nitrogens with one attached hydrogen (secondary N) is 1. The van der Waals surface area contributed by atoms with Crippen LogP contribution in [0.4, 0.5) is 0 Å². The molecule has 7 heteroatoms. The number of nitrogens with zero attached hydrogens (tertiary/aromatic N) is 2. The third kappa shape index (κ3) is 3.98. The molecule has 1 amide bonds. The molecule has 1 aromatic carbocycles. The fourth-order valence-electron chi connectivity index (χ4n) is 2.97. The molecule has 0 aliphatic heterocycles. The second kappa shape index (κ2) is 8.12. The molecule has 0 radical (unpaired) electrons. The predicted molar refractivity (Wildman–Crippen MR) is 104 cm³/mol. The maximum absolute atomic E-state index is 12.4. The molecule has 3 rings (SSSR count). The number of esters is 1. The van der Waals surface area contributed by atoms with Crippen LogP contribution in [0.3, 0.4) is 0 Å². The van der Waals surface area contributed by atoms with Gasteiger partial charge in [-0.3, -0.25) is 4.79 Å². The Balaban J connectivity index is 1.70. The van der Waals surface area contributed by atoms with Gasteiger partial charge in [0.1, 0.15) is 17.1 Å². The van der Waals surface area contributed by atoms with E-state index in [9.17, 15) is 9.59 Å². The monoisotopic (exact) mass is 381 g/mol. The lowest BCUT2D eigenvalue weighted by atomic mass is 10.1. The van der Waals surface area contributed by atoms with Gasteiger partial charge in [-0.25, -0.2) is 9.48 Å². The minimum atomic E-state index is -0.396. The van der Waals surface area contributed by atoms with Gasteiger partial charge in [0.05, 0.1) is 24.2 Å². The molecule has 7 nitrogen and oxygen atoms in total. The van der Waals surface area contributed by atoms with E-state index in [1.54, 1.807) is 42.8 Å². The van der Waals surface area contributed by atoms with Crippen LogP contribution in [0.25, 0.3) is 5.69 Å². The summed E-state index contributed by atoms with van der Waals surface area (Å²) in [6.07, 6.45) is 1.49. The molecular formula is C21H23N3O4. The molecule has 1 N–H and O–H groups in total. The summed E-state index contributed by atoms with van der Waals surface area (Å²) >= 11 is 0. The van der Waals surface area contributed by atoms with E-state index in [1.165, 1.54) is 6.20 Å². The number of aromatic nitrogens is 2. The van der Waals surface area contributed by atoms with E-state index < -0.39 is 5.97 Å². The number of aryl methyl sites for hydroxylation is 2. The van der Waals surface area contributed by atoms with Gasteiger partial charge in [0.2, 0.25) is 0 Å². The number of furan rings is 1. The van der Waals surface area contributed by atoms with E-state index >= 15 is 0 Å². The van der Waals surface area contributed by atoms with Crippen molar-refractivity contribution in [3.63, 3.8) is 0 Å². The molecular weight excluding hydrogens is 358 g/mol. The number of carbonyl (C=O) groups is 2. The van der Waals surface area contributed by atoms with Gasteiger partial charge in [0, 0.05) is 17.7 Å². The first-order valence-corrected chi connectivity index (χ1v) is 9.07. The summed E-state index contributed by atoms with van der Waals surface area (Å²) in [5.41, 5.74) is 3.36. The molecule has 0 unspecified atom stereocenters.